The van der Waals surface area contributed by atoms with E-state index in [1.807, 2.05) is 91.0 Å². The lowest BCUT2D eigenvalue weighted by atomic mass is 9.77. The zero-order valence-electron chi connectivity index (χ0n) is 29.8. The first-order valence-corrected chi connectivity index (χ1v) is 17.8. The number of rotatable bonds is 12. The molecule has 14 heteroatoms. The van der Waals surface area contributed by atoms with Crippen LogP contribution in [0.4, 0.5) is 5.82 Å². The van der Waals surface area contributed by atoms with E-state index in [-0.39, 0.29) is 29.5 Å². The summed E-state index contributed by atoms with van der Waals surface area (Å²) in [6, 6.07) is 30.2. The Kier molecular flexibility index (Phi) is 10.7. The number of carbonyl (C=O) groups excluding carboxylic acids is 4. The number of nitrogens with zero attached hydrogens (tertiary/aromatic N) is 3. The number of esters is 2. The molecule has 0 bridgehead atoms. The molecule has 0 aliphatic carbocycles. The number of anilines is 1. The molecule has 2 atom stereocenters. The van der Waals surface area contributed by atoms with Gasteiger partial charge in [-0.25, -0.2) is 4.79 Å². The maximum Gasteiger partial charge on any atom is 0.355 e. The van der Waals surface area contributed by atoms with Crippen LogP contribution in [0.2, 0.25) is 0 Å². The number of carbonyl (C=O) groups is 4. The topological polar surface area (TPSA) is 162 Å². The van der Waals surface area contributed by atoms with E-state index >= 15 is 0 Å². The first-order chi connectivity index (χ1) is 25.4. The van der Waals surface area contributed by atoms with Gasteiger partial charge < -0.3 is 29.5 Å². The second kappa shape index (κ2) is 15.4. The molecular formula is C39H39N5O8S. The normalized spacial score (nSPS) is 17.3. The molecule has 13 nitrogen and oxygen atoms in total. The lowest BCUT2D eigenvalue weighted by molar-refractivity contribution is -0.159. The van der Waals surface area contributed by atoms with Gasteiger partial charge in [0.15, 0.2) is 11.6 Å². The van der Waals surface area contributed by atoms with Gasteiger partial charge >= 0.3 is 11.9 Å². The molecule has 4 aromatic rings. The summed E-state index contributed by atoms with van der Waals surface area (Å²) < 4.78 is 16.4. The number of hydrogen-bond donors (Lipinski definition) is 2. The highest BCUT2D eigenvalue weighted by atomic mass is 32.2. The molecule has 0 spiro atoms. The van der Waals surface area contributed by atoms with Crippen LogP contribution in [-0.4, -0.2) is 76.0 Å². The fraction of sp³-hybridized carbons (Fsp3) is 0.282. The number of benzene rings is 3. The van der Waals surface area contributed by atoms with Crippen molar-refractivity contribution >= 4 is 47.0 Å². The molecule has 53 heavy (non-hydrogen) atoms. The summed E-state index contributed by atoms with van der Waals surface area (Å²) in [7, 11) is 1.28. The summed E-state index contributed by atoms with van der Waals surface area (Å²) in [4.78, 5) is 58.6. The quantitative estimate of drug-likeness (QED) is 0.0663. The summed E-state index contributed by atoms with van der Waals surface area (Å²) in [5.41, 5.74) is 1.18. The predicted octanol–water partition coefficient (Wildman–Crippen LogP) is 4.99. The number of aromatic nitrogens is 1. The average molecular weight is 738 g/mol. The predicted molar refractivity (Wildman–Crippen MR) is 197 cm³/mol. The summed E-state index contributed by atoms with van der Waals surface area (Å²) >= 11 is 1.31. The summed E-state index contributed by atoms with van der Waals surface area (Å²) in [5, 5.41) is 13.9. The van der Waals surface area contributed by atoms with Crippen LogP contribution < -0.4 is 10.6 Å². The van der Waals surface area contributed by atoms with Gasteiger partial charge in [-0.15, -0.1) is 11.8 Å². The molecule has 3 aromatic carbocycles. The van der Waals surface area contributed by atoms with Gasteiger partial charge in [-0.05, 0) is 37.5 Å². The van der Waals surface area contributed by atoms with Crippen molar-refractivity contribution in [3.63, 3.8) is 0 Å². The number of amides is 2. The molecule has 6 rings (SSSR count). The molecule has 2 N–H and O–H groups in total. The second-order valence-electron chi connectivity index (χ2n) is 13.3. The fourth-order valence-corrected chi connectivity index (χ4v) is 7.54. The molecule has 2 aliphatic heterocycles. The zero-order valence-corrected chi connectivity index (χ0v) is 30.6. The molecule has 1 aromatic heterocycles. The van der Waals surface area contributed by atoms with E-state index in [1.165, 1.54) is 36.8 Å². The molecule has 1 unspecified atom stereocenters. The van der Waals surface area contributed by atoms with E-state index in [4.69, 9.17) is 18.8 Å². The van der Waals surface area contributed by atoms with Crippen LogP contribution in [0.5, 0.6) is 0 Å². The Hall–Kier alpha value is -5.89. The van der Waals surface area contributed by atoms with Crippen molar-refractivity contribution < 1.29 is 38.0 Å². The SMILES string of the molecule is CON=C(C(=O)NC1C(=O)N2C(C(=O)OC(C)(C)C)=C(COC(C)=O)CS[C@@H]12)c1cc(NC(c2ccccc2)(c2ccccc2)c2ccccc2)no1. The van der Waals surface area contributed by atoms with Crippen LogP contribution in [0, 0.1) is 0 Å². The number of fused-ring (bicyclic) bond motifs is 1. The first kappa shape index (κ1) is 36.9. The Morgan fingerprint density at radius 1 is 0.943 bits per heavy atom. The molecule has 2 aliphatic rings. The first-order valence-electron chi connectivity index (χ1n) is 16.8. The molecule has 274 valence electrons. The van der Waals surface area contributed by atoms with Gasteiger partial charge in [0.1, 0.15) is 42.0 Å². The maximum atomic E-state index is 13.8. The van der Waals surface area contributed by atoms with Crippen molar-refractivity contribution in [2.24, 2.45) is 5.16 Å². The zero-order chi connectivity index (χ0) is 37.8. The van der Waals surface area contributed by atoms with E-state index in [9.17, 15) is 19.2 Å². The Morgan fingerprint density at radius 3 is 2.02 bits per heavy atom. The summed E-state index contributed by atoms with van der Waals surface area (Å²) in [6.07, 6.45) is 0. The van der Waals surface area contributed by atoms with E-state index in [0.717, 1.165) is 16.7 Å². The van der Waals surface area contributed by atoms with Crippen LogP contribution in [0.25, 0.3) is 0 Å². The number of thioether (sulfide) groups is 1. The molecule has 0 radical (unpaired) electrons. The van der Waals surface area contributed by atoms with E-state index in [2.05, 4.69) is 20.9 Å². The van der Waals surface area contributed by atoms with Gasteiger partial charge in [-0.2, -0.15) is 0 Å². The van der Waals surface area contributed by atoms with Crippen molar-refractivity contribution in [1.29, 1.82) is 0 Å². The van der Waals surface area contributed by atoms with Gasteiger partial charge in [-0.1, -0.05) is 101 Å². The summed E-state index contributed by atoms with van der Waals surface area (Å²) in [5.74, 6) is -2.04. The Labute approximate surface area is 310 Å². The van der Waals surface area contributed by atoms with E-state index in [0.29, 0.717) is 11.4 Å². The molecule has 1 fully saturated rings. The monoisotopic (exact) mass is 737 g/mol. The van der Waals surface area contributed by atoms with Crippen molar-refractivity contribution in [1.82, 2.24) is 15.4 Å². The van der Waals surface area contributed by atoms with Crippen molar-refractivity contribution in [2.45, 2.75) is 50.3 Å². The third-order valence-electron chi connectivity index (χ3n) is 8.45. The van der Waals surface area contributed by atoms with Crippen molar-refractivity contribution in [3.05, 3.63) is 131 Å². The maximum absolute atomic E-state index is 13.8. The molecular weight excluding hydrogens is 699 g/mol. The van der Waals surface area contributed by atoms with Gasteiger partial charge in [-0.3, -0.25) is 19.3 Å². The number of hydrogen-bond acceptors (Lipinski definition) is 12. The Morgan fingerprint density at radius 2 is 1.51 bits per heavy atom. The Balaban J connectivity index is 1.27. The highest BCUT2D eigenvalue weighted by molar-refractivity contribution is 8.00. The highest BCUT2D eigenvalue weighted by Crippen LogP contribution is 2.42. The number of nitrogens with one attached hydrogen (secondary N) is 2. The molecule has 1 saturated heterocycles. The highest BCUT2D eigenvalue weighted by Gasteiger charge is 2.55. The number of ether oxygens (including phenoxy) is 2. The number of β-lactam (4-membered cyclic amide) rings is 1. The fourth-order valence-electron chi connectivity index (χ4n) is 6.22. The minimum atomic E-state index is -1.02. The van der Waals surface area contributed by atoms with Crippen LogP contribution in [0.3, 0.4) is 0 Å². The summed E-state index contributed by atoms with van der Waals surface area (Å²) in [6.45, 7) is 6.20. The average Bonchev–Trinajstić information content (AvgIpc) is 3.61. The van der Waals surface area contributed by atoms with Crippen LogP contribution in [0.1, 0.15) is 50.1 Å². The minimum Gasteiger partial charge on any atom is -0.461 e. The third kappa shape index (κ3) is 7.68. The lowest BCUT2D eigenvalue weighted by Crippen LogP contribution is -2.71. The standard InChI is InChI=1S/C39H39N5O8S/c1-24(45)50-22-25-23-53-36-32(35(47)44(36)33(25)37(48)51-38(2,3)4)40-34(46)31(43-49-5)29-21-30(42-52-29)41-39(26-15-9-6-10-16-26,27-17-11-7-12-18-27)28-19-13-8-14-20-28/h6-21,32,36H,22-23H2,1-5H3,(H,40,46)(H,41,42)/t32?,36-/m0/s1. The number of oxime groups is 1. The molecule has 3 heterocycles. The largest absolute Gasteiger partial charge is 0.461 e. The van der Waals surface area contributed by atoms with Gasteiger partial charge in [0.2, 0.25) is 5.71 Å². The smallest absolute Gasteiger partial charge is 0.355 e. The lowest BCUT2D eigenvalue weighted by Gasteiger charge is -2.49. The van der Waals surface area contributed by atoms with E-state index < -0.39 is 46.3 Å². The van der Waals surface area contributed by atoms with E-state index in [1.54, 1.807) is 20.8 Å². The van der Waals surface area contributed by atoms with Crippen molar-refractivity contribution in [2.75, 3.05) is 24.8 Å². The van der Waals surface area contributed by atoms with Crippen molar-refractivity contribution in [3.8, 4) is 0 Å². The second-order valence-corrected chi connectivity index (χ2v) is 14.4. The van der Waals surface area contributed by atoms with Gasteiger partial charge in [0.05, 0.1) is 0 Å². The molecule has 0 saturated carbocycles. The minimum absolute atomic E-state index is 0.00381. The van der Waals surface area contributed by atoms with Crippen LogP contribution in [-0.2, 0) is 39.0 Å². The van der Waals surface area contributed by atoms with Gasteiger partial charge in [0, 0.05) is 24.3 Å². The third-order valence-corrected chi connectivity index (χ3v) is 9.79. The van der Waals surface area contributed by atoms with Crippen LogP contribution in [0.15, 0.2) is 118 Å². The van der Waals surface area contributed by atoms with Crippen LogP contribution >= 0.6 is 11.8 Å². The molecule has 2 amide bonds. The van der Waals surface area contributed by atoms with Gasteiger partial charge in [0.25, 0.3) is 11.8 Å². The Bertz CT molecular complexity index is 1950.